The SMILES string of the molecule is Nc1ccnc(CCOc2ccccc2Br)n1. The Hall–Kier alpha value is -1.62. The summed E-state index contributed by atoms with van der Waals surface area (Å²) in [6.45, 7) is 0.520. The molecule has 0 aliphatic rings. The van der Waals surface area contributed by atoms with Gasteiger partial charge < -0.3 is 10.5 Å². The van der Waals surface area contributed by atoms with E-state index in [0.717, 1.165) is 10.2 Å². The first-order valence-electron chi connectivity index (χ1n) is 5.20. The molecule has 2 rings (SSSR count). The molecule has 1 aromatic heterocycles. The summed E-state index contributed by atoms with van der Waals surface area (Å²) in [5, 5.41) is 0. The van der Waals surface area contributed by atoms with Crippen molar-refractivity contribution in [1.82, 2.24) is 9.97 Å². The Morgan fingerprint density at radius 2 is 2.06 bits per heavy atom. The Kier molecular flexibility index (Phi) is 3.93. The van der Waals surface area contributed by atoms with Crippen molar-refractivity contribution in [2.75, 3.05) is 12.3 Å². The first kappa shape index (κ1) is 11.9. The molecule has 88 valence electrons. The summed E-state index contributed by atoms with van der Waals surface area (Å²) in [6, 6.07) is 9.38. The number of anilines is 1. The van der Waals surface area contributed by atoms with E-state index in [9.17, 15) is 0 Å². The maximum absolute atomic E-state index is 5.61. The van der Waals surface area contributed by atoms with Gasteiger partial charge in [-0.15, -0.1) is 0 Å². The quantitative estimate of drug-likeness (QED) is 0.941. The van der Waals surface area contributed by atoms with Gasteiger partial charge in [-0.3, -0.25) is 0 Å². The van der Waals surface area contributed by atoms with Crippen LogP contribution in [-0.4, -0.2) is 16.6 Å². The van der Waals surface area contributed by atoms with Gasteiger partial charge in [0.2, 0.25) is 0 Å². The minimum atomic E-state index is 0.482. The molecule has 0 spiro atoms. The maximum atomic E-state index is 5.61. The van der Waals surface area contributed by atoms with Gasteiger partial charge >= 0.3 is 0 Å². The van der Waals surface area contributed by atoms with Gasteiger partial charge in [-0.2, -0.15) is 0 Å². The predicted octanol–water partition coefficient (Wildman–Crippen LogP) is 2.44. The molecule has 0 bridgehead atoms. The van der Waals surface area contributed by atoms with Crippen molar-refractivity contribution in [2.24, 2.45) is 0 Å². The zero-order valence-electron chi connectivity index (χ0n) is 9.14. The van der Waals surface area contributed by atoms with E-state index in [1.54, 1.807) is 12.3 Å². The van der Waals surface area contributed by atoms with Crippen LogP contribution >= 0.6 is 15.9 Å². The number of ether oxygens (including phenoxy) is 1. The third-order valence-corrected chi connectivity index (χ3v) is 2.80. The van der Waals surface area contributed by atoms with Crippen molar-refractivity contribution in [1.29, 1.82) is 0 Å². The lowest BCUT2D eigenvalue weighted by Crippen LogP contribution is -2.06. The van der Waals surface area contributed by atoms with Crippen molar-refractivity contribution in [3.8, 4) is 5.75 Å². The fraction of sp³-hybridized carbons (Fsp3) is 0.167. The second-order valence-electron chi connectivity index (χ2n) is 3.43. The molecule has 2 aromatic rings. The summed E-state index contributed by atoms with van der Waals surface area (Å²) in [4.78, 5) is 8.21. The average Bonchev–Trinajstić information content (AvgIpc) is 2.32. The number of nitrogens with zero attached hydrogens (tertiary/aromatic N) is 2. The van der Waals surface area contributed by atoms with Crippen LogP contribution in [0.15, 0.2) is 41.0 Å². The van der Waals surface area contributed by atoms with E-state index in [4.69, 9.17) is 10.5 Å². The van der Waals surface area contributed by atoms with Crippen LogP contribution in [0.4, 0.5) is 5.82 Å². The number of hydrogen-bond donors (Lipinski definition) is 1. The third kappa shape index (κ3) is 3.42. The summed E-state index contributed by atoms with van der Waals surface area (Å²) in [5.41, 5.74) is 5.57. The molecule has 2 N–H and O–H groups in total. The van der Waals surface area contributed by atoms with E-state index in [2.05, 4.69) is 25.9 Å². The van der Waals surface area contributed by atoms with Crippen LogP contribution in [-0.2, 0) is 6.42 Å². The molecular formula is C12H12BrN3O. The van der Waals surface area contributed by atoms with E-state index < -0.39 is 0 Å². The molecule has 0 aliphatic carbocycles. The van der Waals surface area contributed by atoms with Crippen molar-refractivity contribution >= 4 is 21.7 Å². The first-order valence-corrected chi connectivity index (χ1v) is 6.00. The zero-order valence-corrected chi connectivity index (χ0v) is 10.7. The van der Waals surface area contributed by atoms with Gasteiger partial charge in [0.05, 0.1) is 11.1 Å². The van der Waals surface area contributed by atoms with Gasteiger partial charge in [-0.25, -0.2) is 9.97 Å². The van der Waals surface area contributed by atoms with Gasteiger partial charge in [0.25, 0.3) is 0 Å². The second-order valence-corrected chi connectivity index (χ2v) is 4.28. The number of para-hydroxylation sites is 1. The van der Waals surface area contributed by atoms with Gasteiger partial charge in [-0.05, 0) is 34.1 Å². The number of benzene rings is 1. The fourth-order valence-electron chi connectivity index (χ4n) is 1.35. The first-order chi connectivity index (χ1) is 8.25. The summed E-state index contributed by atoms with van der Waals surface area (Å²) < 4.78 is 6.55. The smallest absolute Gasteiger partial charge is 0.134 e. The number of hydrogen-bond acceptors (Lipinski definition) is 4. The van der Waals surface area contributed by atoms with Crippen LogP contribution in [0.3, 0.4) is 0 Å². The number of halogens is 1. The topological polar surface area (TPSA) is 61.0 Å². The molecule has 17 heavy (non-hydrogen) atoms. The lowest BCUT2D eigenvalue weighted by molar-refractivity contribution is 0.317. The molecule has 0 atom stereocenters. The van der Waals surface area contributed by atoms with Gasteiger partial charge in [-0.1, -0.05) is 12.1 Å². The fourth-order valence-corrected chi connectivity index (χ4v) is 1.75. The van der Waals surface area contributed by atoms with Gasteiger partial charge in [0, 0.05) is 12.6 Å². The van der Waals surface area contributed by atoms with Crippen LogP contribution in [0.5, 0.6) is 5.75 Å². The zero-order chi connectivity index (χ0) is 12.1. The summed E-state index contributed by atoms with van der Waals surface area (Å²) >= 11 is 3.42. The Balaban J connectivity index is 1.90. The molecule has 0 unspecified atom stereocenters. The molecule has 0 saturated carbocycles. The molecule has 0 fully saturated rings. The molecular weight excluding hydrogens is 282 g/mol. The van der Waals surface area contributed by atoms with E-state index in [0.29, 0.717) is 24.7 Å². The Bertz CT molecular complexity index is 505. The highest BCUT2D eigenvalue weighted by Crippen LogP contribution is 2.23. The van der Waals surface area contributed by atoms with Crippen LogP contribution in [0, 0.1) is 0 Å². The average molecular weight is 294 g/mol. The molecule has 0 saturated heterocycles. The van der Waals surface area contributed by atoms with Gasteiger partial charge in [0.15, 0.2) is 0 Å². The van der Waals surface area contributed by atoms with Crippen molar-refractivity contribution in [3.63, 3.8) is 0 Å². The van der Waals surface area contributed by atoms with Gasteiger partial charge in [0.1, 0.15) is 17.4 Å². The normalized spacial score (nSPS) is 10.2. The second kappa shape index (κ2) is 5.63. The highest BCUT2D eigenvalue weighted by Gasteiger charge is 2.01. The number of rotatable bonds is 4. The molecule has 0 aliphatic heterocycles. The maximum Gasteiger partial charge on any atom is 0.134 e. The molecule has 0 radical (unpaired) electrons. The number of aromatic nitrogens is 2. The molecule has 0 amide bonds. The monoisotopic (exact) mass is 293 g/mol. The summed E-state index contributed by atoms with van der Waals surface area (Å²) in [5.74, 6) is 1.99. The van der Waals surface area contributed by atoms with Crippen LogP contribution in [0.1, 0.15) is 5.82 Å². The largest absolute Gasteiger partial charge is 0.492 e. The minimum Gasteiger partial charge on any atom is -0.492 e. The number of nitrogens with two attached hydrogens (primary N) is 1. The van der Waals surface area contributed by atoms with Crippen LogP contribution < -0.4 is 10.5 Å². The van der Waals surface area contributed by atoms with Crippen LogP contribution in [0.25, 0.3) is 0 Å². The predicted molar refractivity (Wildman–Crippen MR) is 69.8 cm³/mol. The Morgan fingerprint density at radius 1 is 1.24 bits per heavy atom. The standard InChI is InChI=1S/C12H12BrN3O/c13-9-3-1-2-4-10(9)17-8-6-12-15-7-5-11(14)16-12/h1-5,7H,6,8H2,(H2,14,15,16). The highest BCUT2D eigenvalue weighted by molar-refractivity contribution is 9.10. The lowest BCUT2D eigenvalue weighted by atomic mass is 10.3. The summed E-state index contributed by atoms with van der Waals surface area (Å²) in [6.07, 6.45) is 2.28. The highest BCUT2D eigenvalue weighted by atomic mass is 79.9. The molecule has 1 aromatic carbocycles. The molecule has 5 heteroatoms. The van der Waals surface area contributed by atoms with E-state index in [1.165, 1.54) is 0 Å². The van der Waals surface area contributed by atoms with Crippen molar-refractivity contribution in [3.05, 3.63) is 46.8 Å². The molecule has 1 heterocycles. The third-order valence-electron chi connectivity index (χ3n) is 2.15. The van der Waals surface area contributed by atoms with E-state index in [-0.39, 0.29) is 0 Å². The number of nitrogen functional groups attached to an aromatic ring is 1. The van der Waals surface area contributed by atoms with Crippen LogP contribution in [0.2, 0.25) is 0 Å². The van der Waals surface area contributed by atoms with E-state index in [1.807, 2.05) is 24.3 Å². The van der Waals surface area contributed by atoms with Crippen molar-refractivity contribution in [2.45, 2.75) is 6.42 Å². The minimum absolute atomic E-state index is 0.482. The van der Waals surface area contributed by atoms with E-state index >= 15 is 0 Å². The molecule has 4 nitrogen and oxygen atoms in total. The Morgan fingerprint density at radius 3 is 2.82 bits per heavy atom. The summed E-state index contributed by atoms with van der Waals surface area (Å²) in [7, 11) is 0. The lowest BCUT2D eigenvalue weighted by Gasteiger charge is -2.07. The van der Waals surface area contributed by atoms with Crippen molar-refractivity contribution < 1.29 is 4.74 Å². The Labute approximate surface area is 108 Å².